The highest BCUT2D eigenvalue weighted by atomic mass is 32.2. The van der Waals surface area contributed by atoms with Crippen molar-refractivity contribution in [1.82, 2.24) is 14.5 Å². The Morgan fingerprint density at radius 3 is 2.60 bits per heavy atom. The molecule has 0 atom stereocenters. The van der Waals surface area contributed by atoms with E-state index < -0.39 is 10.0 Å². The average Bonchev–Trinajstić information content (AvgIpc) is 3.20. The molecule has 9 heteroatoms. The molecule has 184 valence electrons. The van der Waals surface area contributed by atoms with E-state index >= 15 is 0 Å². The van der Waals surface area contributed by atoms with Gasteiger partial charge < -0.3 is 9.47 Å². The standard InChI is InChI=1S/C26H30N4O3S2/c1-4-5-10-24-28-26-25(22(31)15-16-34-26)30(24)17-19-11-13-20(14-12-19)21-8-6-7-9-23(21)35(32,33)27-18-29(2)3/h6-9,11-14,18H,4-5,10,15-17H2,1-3H3. The number of hydrogen-bond donors (Lipinski definition) is 0. The van der Waals surface area contributed by atoms with Gasteiger partial charge in [-0.05, 0) is 23.6 Å². The predicted octanol–water partition coefficient (Wildman–Crippen LogP) is 4.90. The van der Waals surface area contributed by atoms with E-state index in [1.807, 2.05) is 30.3 Å². The van der Waals surface area contributed by atoms with Gasteiger partial charge in [0.2, 0.25) is 0 Å². The van der Waals surface area contributed by atoms with Crippen molar-refractivity contribution in [3.8, 4) is 11.1 Å². The van der Waals surface area contributed by atoms with Gasteiger partial charge >= 0.3 is 0 Å². The Labute approximate surface area is 211 Å². The number of unbranched alkanes of at least 4 members (excludes halogenated alkanes) is 1. The summed E-state index contributed by atoms with van der Waals surface area (Å²) in [5.74, 6) is 1.90. The summed E-state index contributed by atoms with van der Waals surface area (Å²) in [7, 11) is -0.394. The highest BCUT2D eigenvalue weighted by molar-refractivity contribution is 7.99. The minimum Gasteiger partial charge on any atom is -0.368 e. The van der Waals surface area contributed by atoms with Gasteiger partial charge in [0.05, 0.1) is 4.90 Å². The second-order valence-electron chi connectivity index (χ2n) is 8.75. The molecule has 0 aliphatic carbocycles. The number of sulfonamides is 1. The molecule has 4 rings (SSSR count). The lowest BCUT2D eigenvalue weighted by Gasteiger charge is -2.15. The second kappa shape index (κ2) is 10.8. The zero-order valence-corrected chi connectivity index (χ0v) is 21.9. The Hall–Kier alpha value is -2.91. The molecule has 35 heavy (non-hydrogen) atoms. The number of aryl methyl sites for hydroxylation is 1. The van der Waals surface area contributed by atoms with Crippen LogP contribution in [0.25, 0.3) is 11.1 Å². The van der Waals surface area contributed by atoms with Crippen molar-refractivity contribution in [2.24, 2.45) is 4.40 Å². The first kappa shape index (κ1) is 25.2. The van der Waals surface area contributed by atoms with Gasteiger partial charge in [0, 0.05) is 44.8 Å². The maximum atomic E-state index is 12.8. The number of benzene rings is 2. The lowest BCUT2D eigenvalue weighted by molar-refractivity contribution is 0.0975. The fraction of sp³-hybridized carbons (Fsp3) is 0.346. The minimum absolute atomic E-state index is 0.156. The van der Waals surface area contributed by atoms with E-state index in [9.17, 15) is 13.2 Å². The number of hydrogen-bond acceptors (Lipinski definition) is 5. The van der Waals surface area contributed by atoms with Gasteiger partial charge in [0.1, 0.15) is 22.9 Å². The smallest absolute Gasteiger partial charge is 0.284 e. The number of thioether (sulfide) groups is 1. The monoisotopic (exact) mass is 510 g/mol. The molecule has 1 aliphatic rings. The van der Waals surface area contributed by atoms with Gasteiger partial charge in [-0.25, -0.2) is 4.98 Å². The van der Waals surface area contributed by atoms with Crippen LogP contribution in [0.2, 0.25) is 0 Å². The third kappa shape index (κ3) is 5.67. The number of Topliss-reactive ketones (excluding diaryl/α,β-unsaturated/α-hetero) is 1. The van der Waals surface area contributed by atoms with E-state index in [2.05, 4.69) is 15.9 Å². The molecule has 2 aromatic carbocycles. The molecule has 0 amide bonds. The quantitative estimate of drug-likeness (QED) is 0.301. The van der Waals surface area contributed by atoms with Crippen LogP contribution in [0.15, 0.2) is 62.9 Å². The number of carbonyl (C=O) groups excluding carboxylic acids is 1. The van der Waals surface area contributed by atoms with E-state index in [0.29, 0.717) is 18.5 Å². The van der Waals surface area contributed by atoms with E-state index in [4.69, 9.17) is 4.98 Å². The normalized spacial score (nSPS) is 13.9. The molecule has 0 saturated heterocycles. The average molecular weight is 511 g/mol. The van der Waals surface area contributed by atoms with Crippen LogP contribution < -0.4 is 0 Å². The molecular formula is C26H30N4O3S2. The highest BCUT2D eigenvalue weighted by Gasteiger charge is 2.26. The maximum absolute atomic E-state index is 12.8. The Balaban J connectivity index is 1.65. The van der Waals surface area contributed by atoms with Crippen molar-refractivity contribution < 1.29 is 13.2 Å². The van der Waals surface area contributed by atoms with Crippen LogP contribution in [0.3, 0.4) is 0 Å². The van der Waals surface area contributed by atoms with Crippen LogP contribution in [0, 0.1) is 0 Å². The van der Waals surface area contributed by atoms with Crippen LogP contribution in [-0.4, -0.2) is 54.8 Å². The number of imidazole rings is 1. The topological polar surface area (TPSA) is 84.6 Å². The van der Waals surface area contributed by atoms with Crippen LogP contribution in [-0.2, 0) is 23.0 Å². The molecule has 0 saturated carbocycles. The summed E-state index contributed by atoms with van der Waals surface area (Å²) >= 11 is 1.66. The molecule has 7 nitrogen and oxygen atoms in total. The minimum atomic E-state index is -3.84. The summed E-state index contributed by atoms with van der Waals surface area (Å²) in [6, 6.07) is 14.7. The van der Waals surface area contributed by atoms with Crippen molar-refractivity contribution in [2.45, 2.75) is 49.1 Å². The van der Waals surface area contributed by atoms with E-state index in [0.717, 1.165) is 52.7 Å². The first-order valence-electron chi connectivity index (χ1n) is 11.7. The zero-order chi connectivity index (χ0) is 25.0. The Kier molecular flexibility index (Phi) is 7.76. The molecule has 0 bridgehead atoms. The first-order valence-corrected chi connectivity index (χ1v) is 14.1. The van der Waals surface area contributed by atoms with Gasteiger partial charge in [-0.3, -0.25) is 4.79 Å². The van der Waals surface area contributed by atoms with Gasteiger partial charge in [0.25, 0.3) is 10.0 Å². The lowest BCUT2D eigenvalue weighted by atomic mass is 10.0. The summed E-state index contributed by atoms with van der Waals surface area (Å²) in [5.41, 5.74) is 3.15. The van der Waals surface area contributed by atoms with Crippen LogP contribution in [0.5, 0.6) is 0 Å². The van der Waals surface area contributed by atoms with Gasteiger partial charge in [-0.1, -0.05) is 55.8 Å². The number of aromatic nitrogens is 2. The third-order valence-electron chi connectivity index (χ3n) is 5.79. The van der Waals surface area contributed by atoms with Crippen molar-refractivity contribution in [3.05, 3.63) is 65.6 Å². The number of nitrogens with zero attached hydrogens (tertiary/aromatic N) is 4. The third-order valence-corrected chi connectivity index (χ3v) is 8.04. The molecular weight excluding hydrogens is 480 g/mol. The molecule has 0 radical (unpaired) electrons. The lowest BCUT2D eigenvalue weighted by Crippen LogP contribution is -2.16. The molecule has 2 heterocycles. The Bertz CT molecular complexity index is 1340. The summed E-state index contributed by atoms with van der Waals surface area (Å²) in [6.07, 6.45) is 4.76. The molecule has 0 unspecified atom stereocenters. The van der Waals surface area contributed by atoms with Crippen LogP contribution in [0.4, 0.5) is 0 Å². The Morgan fingerprint density at radius 1 is 1.14 bits per heavy atom. The molecule has 1 aliphatic heterocycles. The van der Waals surface area contributed by atoms with Crippen molar-refractivity contribution in [2.75, 3.05) is 19.8 Å². The molecule has 0 spiro atoms. The summed E-state index contributed by atoms with van der Waals surface area (Å²) in [5, 5.41) is 0.849. The molecule has 0 fully saturated rings. The number of ketones is 1. The van der Waals surface area contributed by atoms with Gasteiger partial charge in [-0.15, -0.1) is 16.2 Å². The number of carbonyl (C=O) groups is 1. The maximum Gasteiger partial charge on any atom is 0.284 e. The molecule has 3 aromatic rings. The van der Waals surface area contributed by atoms with Crippen molar-refractivity contribution >= 4 is 33.9 Å². The zero-order valence-electron chi connectivity index (χ0n) is 20.3. The van der Waals surface area contributed by atoms with Crippen LogP contribution in [0.1, 0.15) is 48.1 Å². The number of fused-ring (bicyclic) bond motifs is 1. The van der Waals surface area contributed by atoms with Crippen LogP contribution >= 0.6 is 11.8 Å². The summed E-state index contributed by atoms with van der Waals surface area (Å²) in [4.78, 5) is 19.2. The Morgan fingerprint density at radius 2 is 1.89 bits per heavy atom. The van der Waals surface area contributed by atoms with E-state index in [1.165, 1.54) is 6.34 Å². The highest BCUT2D eigenvalue weighted by Crippen LogP contribution is 2.32. The second-order valence-corrected chi connectivity index (χ2v) is 11.4. The largest absolute Gasteiger partial charge is 0.368 e. The van der Waals surface area contributed by atoms with E-state index in [-0.39, 0.29) is 10.7 Å². The van der Waals surface area contributed by atoms with Gasteiger partial charge in [-0.2, -0.15) is 8.42 Å². The fourth-order valence-corrected chi connectivity index (χ4v) is 6.17. The molecule has 1 aromatic heterocycles. The van der Waals surface area contributed by atoms with Crippen molar-refractivity contribution in [1.29, 1.82) is 0 Å². The van der Waals surface area contributed by atoms with Gasteiger partial charge in [0.15, 0.2) is 5.78 Å². The SMILES string of the molecule is CCCCc1nc2c(n1Cc1ccc(-c3ccccc3S(=O)(=O)N=CN(C)C)cc1)C(=O)CCS2. The fourth-order valence-electron chi connectivity index (χ4n) is 4.02. The molecule has 0 N–H and O–H groups in total. The number of rotatable bonds is 9. The first-order chi connectivity index (χ1) is 16.8. The summed E-state index contributed by atoms with van der Waals surface area (Å²) < 4.78 is 31.5. The summed E-state index contributed by atoms with van der Waals surface area (Å²) in [6.45, 7) is 2.71. The predicted molar refractivity (Wildman–Crippen MR) is 141 cm³/mol. The van der Waals surface area contributed by atoms with E-state index in [1.54, 1.807) is 49.0 Å². The van der Waals surface area contributed by atoms with Crippen molar-refractivity contribution in [3.63, 3.8) is 0 Å².